The van der Waals surface area contributed by atoms with Crippen molar-refractivity contribution in [3.05, 3.63) is 16.0 Å². The molecule has 1 heterocycles. The number of aryl methyl sites for hydroxylation is 1. The fourth-order valence-electron chi connectivity index (χ4n) is 1.65. The van der Waals surface area contributed by atoms with Gasteiger partial charge in [-0.05, 0) is 27.7 Å². The summed E-state index contributed by atoms with van der Waals surface area (Å²) < 4.78 is 9.76. The van der Waals surface area contributed by atoms with Gasteiger partial charge in [0, 0.05) is 10.9 Å². The Morgan fingerprint density at radius 1 is 1.26 bits per heavy atom. The second-order valence-electron chi connectivity index (χ2n) is 4.25. The summed E-state index contributed by atoms with van der Waals surface area (Å²) in [6.45, 7) is 7.69. The summed E-state index contributed by atoms with van der Waals surface area (Å²) in [5.74, 6) is -1.02. The van der Waals surface area contributed by atoms with Crippen LogP contribution >= 0.6 is 11.3 Å². The first kappa shape index (κ1) is 15.5. The van der Waals surface area contributed by atoms with E-state index >= 15 is 0 Å². The quantitative estimate of drug-likeness (QED) is 0.843. The van der Waals surface area contributed by atoms with Crippen LogP contribution in [0.4, 0.5) is 5.00 Å². The van der Waals surface area contributed by atoms with Crippen molar-refractivity contribution in [1.29, 1.82) is 0 Å². The fraction of sp³-hybridized carbons (Fsp3) is 0.538. The highest BCUT2D eigenvalue weighted by molar-refractivity contribution is 7.16. The maximum Gasteiger partial charge on any atom is 0.342 e. The maximum atomic E-state index is 12.0. The molecule has 0 atom stereocenters. The number of methoxy groups -OCH3 is 1. The van der Waals surface area contributed by atoms with Crippen LogP contribution in [-0.4, -0.2) is 31.7 Å². The van der Waals surface area contributed by atoms with Crippen LogP contribution in [0.25, 0.3) is 0 Å². The fourth-order valence-corrected chi connectivity index (χ4v) is 2.83. The lowest BCUT2D eigenvalue weighted by atomic mass is 10.1. The molecule has 0 bridgehead atoms. The molecule has 0 fully saturated rings. The van der Waals surface area contributed by atoms with Gasteiger partial charge in [0.2, 0.25) is 0 Å². The van der Waals surface area contributed by atoms with E-state index in [9.17, 15) is 9.59 Å². The minimum absolute atomic E-state index is 0.150. The first-order valence-corrected chi connectivity index (χ1v) is 6.89. The van der Waals surface area contributed by atoms with E-state index in [0.717, 1.165) is 4.88 Å². The zero-order chi connectivity index (χ0) is 14.6. The second-order valence-corrected chi connectivity index (χ2v) is 5.47. The summed E-state index contributed by atoms with van der Waals surface area (Å²) in [6.07, 6.45) is 0. The number of nitrogens with one attached hydrogen (secondary N) is 1. The molecular formula is C13H19NO4S. The van der Waals surface area contributed by atoms with Crippen LogP contribution in [0.15, 0.2) is 0 Å². The number of rotatable bonds is 5. The molecule has 0 saturated carbocycles. The number of thiophene rings is 1. The summed E-state index contributed by atoms with van der Waals surface area (Å²) in [7, 11) is 1.30. The Kier molecular flexibility index (Phi) is 5.35. The van der Waals surface area contributed by atoms with Crippen molar-refractivity contribution >= 4 is 28.3 Å². The Morgan fingerprint density at radius 2 is 1.89 bits per heavy atom. The molecule has 5 nitrogen and oxygen atoms in total. The summed E-state index contributed by atoms with van der Waals surface area (Å²) in [5, 5.41) is 3.81. The summed E-state index contributed by atoms with van der Waals surface area (Å²) in [4.78, 5) is 24.6. The standard InChI is InChI=1S/C13H19NO4S/c1-6-18-13(16)10-9(12(15)17-5)8(4)19-11(10)14-7(2)3/h7,14H,6H2,1-5H3. The first-order chi connectivity index (χ1) is 8.92. The number of ether oxygens (including phenoxy) is 2. The van der Waals surface area contributed by atoms with Crippen LogP contribution < -0.4 is 5.32 Å². The van der Waals surface area contributed by atoms with Crippen molar-refractivity contribution in [2.24, 2.45) is 0 Å². The lowest BCUT2D eigenvalue weighted by Crippen LogP contribution is -2.16. The van der Waals surface area contributed by atoms with Crippen LogP contribution in [0.2, 0.25) is 0 Å². The van der Waals surface area contributed by atoms with E-state index in [2.05, 4.69) is 5.32 Å². The third-order valence-electron chi connectivity index (χ3n) is 2.37. The first-order valence-electron chi connectivity index (χ1n) is 6.07. The van der Waals surface area contributed by atoms with E-state index in [1.54, 1.807) is 13.8 Å². The van der Waals surface area contributed by atoms with Crippen molar-refractivity contribution in [2.75, 3.05) is 19.0 Å². The van der Waals surface area contributed by atoms with Crippen LogP contribution in [-0.2, 0) is 9.47 Å². The molecule has 0 spiro atoms. The number of esters is 2. The Morgan fingerprint density at radius 3 is 2.37 bits per heavy atom. The van der Waals surface area contributed by atoms with Gasteiger partial charge in [-0.1, -0.05) is 0 Å². The summed E-state index contributed by atoms with van der Waals surface area (Å²) in [6, 6.07) is 0.150. The maximum absolute atomic E-state index is 12.0. The minimum Gasteiger partial charge on any atom is -0.465 e. The average molecular weight is 285 g/mol. The van der Waals surface area contributed by atoms with Gasteiger partial charge in [0.25, 0.3) is 0 Å². The van der Waals surface area contributed by atoms with Crippen LogP contribution in [0.5, 0.6) is 0 Å². The van der Waals surface area contributed by atoms with Crippen molar-refractivity contribution in [3.8, 4) is 0 Å². The smallest absolute Gasteiger partial charge is 0.342 e. The van der Waals surface area contributed by atoms with Crippen molar-refractivity contribution in [2.45, 2.75) is 33.7 Å². The zero-order valence-corrected chi connectivity index (χ0v) is 12.6. The zero-order valence-electron chi connectivity index (χ0n) is 11.8. The van der Waals surface area contributed by atoms with E-state index in [-0.39, 0.29) is 23.8 Å². The normalized spacial score (nSPS) is 10.4. The third-order valence-corrected chi connectivity index (χ3v) is 3.41. The molecule has 6 heteroatoms. The van der Waals surface area contributed by atoms with Crippen LogP contribution in [0.1, 0.15) is 46.4 Å². The predicted octanol–water partition coefficient (Wildman–Crippen LogP) is 2.84. The van der Waals surface area contributed by atoms with Crippen molar-refractivity contribution in [1.82, 2.24) is 0 Å². The van der Waals surface area contributed by atoms with Gasteiger partial charge in [-0.3, -0.25) is 0 Å². The van der Waals surface area contributed by atoms with Gasteiger partial charge in [0.1, 0.15) is 10.6 Å². The largest absolute Gasteiger partial charge is 0.465 e. The Labute approximate surface area is 116 Å². The molecule has 0 radical (unpaired) electrons. The van der Waals surface area contributed by atoms with Crippen molar-refractivity contribution < 1.29 is 19.1 Å². The molecule has 0 unspecified atom stereocenters. The van der Waals surface area contributed by atoms with E-state index in [1.165, 1.54) is 18.4 Å². The average Bonchev–Trinajstić information content (AvgIpc) is 2.64. The molecule has 1 rings (SSSR count). The summed E-state index contributed by atoms with van der Waals surface area (Å²) >= 11 is 1.35. The van der Waals surface area contributed by atoms with Crippen molar-refractivity contribution in [3.63, 3.8) is 0 Å². The molecule has 0 aliphatic carbocycles. The molecule has 1 aromatic heterocycles. The van der Waals surface area contributed by atoms with Crippen LogP contribution in [0.3, 0.4) is 0 Å². The van der Waals surface area contributed by atoms with E-state index < -0.39 is 11.9 Å². The van der Waals surface area contributed by atoms with Gasteiger partial charge in [0.05, 0.1) is 19.3 Å². The van der Waals surface area contributed by atoms with Gasteiger partial charge in [0.15, 0.2) is 0 Å². The number of hydrogen-bond donors (Lipinski definition) is 1. The van der Waals surface area contributed by atoms with Gasteiger partial charge >= 0.3 is 11.9 Å². The van der Waals surface area contributed by atoms with Crippen LogP contribution in [0, 0.1) is 6.92 Å². The SMILES string of the molecule is CCOC(=O)c1c(NC(C)C)sc(C)c1C(=O)OC. The van der Waals surface area contributed by atoms with Gasteiger partial charge < -0.3 is 14.8 Å². The van der Waals surface area contributed by atoms with E-state index in [4.69, 9.17) is 9.47 Å². The molecule has 1 aromatic rings. The lowest BCUT2D eigenvalue weighted by molar-refractivity contribution is 0.0506. The number of anilines is 1. The lowest BCUT2D eigenvalue weighted by Gasteiger charge is -2.10. The minimum atomic E-state index is -0.520. The topological polar surface area (TPSA) is 64.6 Å². The monoisotopic (exact) mass is 285 g/mol. The highest BCUT2D eigenvalue weighted by Gasteiger charge is 2.28. The Hall–Kier alpha value is -1.56. The predicted molar refractivity (Wildman–Crippen MR) is 75.1 cm³/mol. The molecule has 106 valence electrons. The molecular weight excluding hydrogens is 266 g/mol. The molecule has 0 aliphatic heterocycles. The third kappa shape index (κ3) is 3.47. The second kappa shape index (κ2) is 6.56. The highest BCUT2D eigenvalue weighted by atomic mass is 32.1. The van der Waals surface area contributed by atoms with E-state index in [1.807, 2.05) is 13.8 Å². The Balaban J connectivity index is 3.33. The van der Waals surface area contributed by atoms with Gasteiger partial charge in [-0.2, -0.15) is 0 Å². The highest BCUT2D eigenvalue weighted by Crippen LogP contribution is 2.34. The molecule has 0 amide bonds. The van der Waals surface area contributed by atoms with E-state index in [0.29, 0.717) is 5.00 Å². The number of carbonyl (C=O) groups is 2. The molecule has 0 aliphatic rings. The molecule has 0 saturated heterocycles. The van der Waals surface area contributed by atoms with Gasteiger partial charge in [-0.15, -0.1) is 11.3 Å². The summed E-state index contributed by atoms with van der Waals surface area (Å²) in [5.41, 5.74) is 0.555. The molecule has 1 N–H and O–H groups in total. The number of hydrogen-bond acceptors (Lipinski definition) is 6. The molecule has 19 heavy (non-hydrogen) atoms. The molecule has 0 aromatic carbocycles. The van der Waals surface area contributed by atoms with Gasteiger partial charge in [-0.25, -0.2) is 9.59 Å². The number of carbonyl (C=O) groups excluding carboxylic acids is 2. The Bertz CT molecular complexity index is 479.